The average Bonchev–Trinajstić information content (AvgIpc) is 2.91. The van der Waals surface area contributed by atoms with Crippen LogP contribution in [-0.2, 0) is 14.4 Å². The van der Waals surface area contributed by atoms with E-state index >= 15 is 0 Å². The van der Waals surface area contributed by atoms with Crippen molar-refractivity contribution in [2.45, 2.75) is 161 Å². The van der Waals surface area contributed by atoms with E-state index in [1.165, 1.54) is 96.3 Å². The standard InChI is InChI=1S/C34H63NO6/c1-2-3-4-5-6-7-8-9-10-11-12-13-14-15-16-17-18-19-20-21-28-35(29-22-25-32(36)37,30-23-26-33(38)39)31-24-27-34(40)41/h12-13H,2-11,14-31H2,1H3,(H2-,36,37,38,39,40,41)/b13-12+. The summed E-state index contributed by atoms with van der Waals surface area (Å²) in [4.78, 5) is 33.1. The molecular formula is C34H63NO6. The van der Waals surface area contributed by atoms with Gasteiger partial charge in [-0.05, 0) is 44.9 Å². The molecular weight excluding hydrogens is 518 g/mol. The van der Waals surface area contributed by atoms with E-state index in [9.17, 15) is 19.5 Å². The molecule has 0 aromatic rings. The van der Waals surface area contributed by atoms with Crippen molar-refractivity contribution >= 4 is 17.9 Å². The lowest BCUT2D eigenvalue weighted by Crippen LogP contribution is -2.51. The number of hydrogen-bond donors (Lipinski definition) is 2. The fourth-order valence-corrected chi connectivity index (χ4v) is 5.76. The van der Waals surface area contributed by atoms with Crippen LogP contribution in [0.1, 0.15) is 161 Å². The molecule has 0 aromatic heterocycles. The predicted molar refractivity (Wildman–Crippen MR) is 166 cm³/mol. The maximum Gasteiger partial charge on any atom is 0.303 e. The van der Waals surface area contributed by atoms with E-state index in [-0.39, 0.29) is 19.3 Å². The molecule has 0 atom stereocenters. The third kappa shape index (κ3) is 28.0. The topological polar surface area (TPSA) is 115 Å². The molecule has 0 saturated carbocycles. The van der Waals surface area contributed by atoms with E-state index in [1.54, 1.807) is 0 Å². The number of hydrogen-bond acceptors (Lipinski definition) is 4. The largest absolute Gasteiger partial charge is 0.550 e. The zero-order valence-electron chi connectivity index (χ0n) is 26.4. The van der Waals surface area contributed by atoms with Gasteiger partial charge in [0.05, 0.1) is 39.0 Å². The monoisotopic (exact) mass is 581 g/mol. The highest BCUT2D eigenvalue weighted by atomic mass is 16.4. The maximum absolute atomic E-state index is 11.1. The lowest BCUT2D eigenvalue weighted by atomic mass is 10.1. The summed E-state index contributed by atoms with van der Waals surface area (Å²) < 4.78 is 0.610. The molecule has 0 aliphatic rings. The van der Waals surface area contributed by atoms with Crippen LogP contribution >= 0.6 is 0 Å². The van der Waals surface area contributed by atoms with Gasteiger partial charge in [-0.25, -0.2) is 0 Å². The van der Waals surface area contributed by atoms with Crippen LogP contribution in [0.25, 0.3) is 0 Å². The molecule has 7 nitrogen and oxygen atoms in total. The maximum atomic E-state index is 11.1. The number of carboxylic acid groups (broad SMARTS) is 3. The van der Waals surface area contributed by atoms with Gasteiger partial charge in [0.25, 0.3) is 0 Å². The molecule has 41 heavy (non-hydrogen) atoms. The molecule has 0 amide bonds. The summed E-state index contributed by atoms with van der Waals surface area (Å²) in [5.74, 6) is -2.75. The first kappa shape index (κ1) is 39.1. The Hall–Kier alpha value is -1.89. The van der Waals surface area contributed by atoms with Gasteiger partial charge in [-0.1, -0.05) is 96.1 Å². The molecule has 0 unspecified atom stereocenters. The number of rotatable bonds is 32. The molecule has 0 fully saturated rings. The van der Waals surface area contributed by atoms with E-state index in [0.29, 0.717) is 43.4 Å². The SMILES string of the molecule is CCCCCCCCCCC/C=C/CCCCCCCCC[N+](CCCC(=O)[O-])(CCCC(=O)O)CCCC(=O)O. The van der Waals surface area contributed by atoms with Crippen LogP contribution in [0.5, 0.6) is 0 Å². The van der Waals surface area contributed by atoms with Crippen molar-refractivity contribution in [3.63, 3.8) is 0 Å². The Kier molecular flexibility index (Phi) is 26.9. The van der Waals surface area contributed by atoms with E-state index in [0.717, 1.165) is 25.8 Å². The van der Waals surface area contributed by atoms with Crippen molar-refractivity contribution in [3.8, 4) is 0 Å². The molecule has 0 rings (SSSR count). The van der Waals surface area contributed by atoms with Gasteiger partial charge in [-0.15, -0.1) is 0 Å². The summed E-state index contributed by atoms with van der Waals surface area (Å²) in [6, 6.07) is 0. The number of allylic oxidation sites excluding steroid dienone is 2. The molecule has 2 N–H and O–H groups in total. The second kappa shape index (κ2) is 28.2. The lowest BCUT2D eigenvalue weighted by Gasteiger charge is -2.39. The fourth-order valence-electron chi connectivity index (χ4n) is 5.76. The van der Waals surface area contributed by atoms with Crippen molar-refractivity contribution in [2.75, 3.05) is 26.2 Å². The zero-order valence-corrected chi connectivity index (χ0v) is 26.4. The second-order valence-corrected chi connectivity index (χ2v) is 12.1. The van der Waals surface area contributed by atoms with Crippen LogP contribution in [0.4, 0.5) is 0 Å². The van der Waals surface area contributed by atoms with Crippen LogP contribution in [-0.4, -0.2) is 58.8 Å². The quantitative estimate of drug-likeness (QED) is 0.0479. The third-order valence-corrected chi connectivity index (χ3v) is 8.20. The van der Waals surface area contributed by atoms with Gasteiger partial charge in [-0.3, -0.25) is 9.59 Å². The first-order valence-corrected chi connectivity index (χ1v) is 16.9. The molecule has 240 valence electrons. The highest BCUT2D eigenvalue weighted by Gasteiger charge is 2.26. The summed E-state index contributed by atoms with van der Waals surface area (Å²) in [5.41, 5.74) is 0. The van der Waals surface area contributed by atoms with Crippen molar-refractivity contribution in [2.24, 2.45) is 0 Å². The summed E-state index contributed by atoms with van der Waals surface area (Å²) in [6.45, 7) is 5.02. The van der Waals surface area contributed by atoms with E-state index in [2.05, 4.69) is 19.1 Å². The molecule has 0 heterocycles. The Balaban J connectivity index is 4.11. The van der Waals surface area contributed by atoms with Crippen LogP contribution in [0.3, 0.4) is 0 Å². The smallest absolute Gasteiger partial charge is 0.303 e. The van der Waals surface area contributed by atoms with Gasteiger partial charge in [0, 0.05) is 25.2 Å². The normalized spacial score (nSPS) is 11.8. The minimum absolute atomic E-state index is 0.0215. The number of quaternary nitrogens is 1. The van der Waals surface area contributed by atoms with Gasteiger partial charge in [-0.2, -0.15) is 0 Å². The summed E-state index contributed by atoms with van der Waals surface area (Å²) in [6.07, 6.45) is 29.4. The minimum atomic E-state index is -1.08. The van der Waals surface area contributed by atoms with Crippen LogP contribution in [0.15, 0.2) is 12.2 Å². The van der Waals surface area contributed by atoms with Gasteiger partial charge in [0.1, 0.15) is 0 Å². The van der Waals surface area contributed by atoms with Gasteiger partial charge < -0.3 is 24.6 Å². The van der Waals surface area contributed by atoms with Crippen molar-refractivity contribution in [1.82, 2.24) is 0 Å². The predicted octanol–water partition coefficient (Wildman–Crippen LogP) is 7.66. The minimum Gasteiger partial charge on any atom is -0.550 e. The number of aliphatic carboxylic acids is 3. The molecule has 0 aliphatic heterocycles. The Morgan fingerprint density at radius 3 is 1.24 bits per heavy atom. The second-order valence-electron chi connectivity index (χ2n) is 12.1. The highest BCUT2D eigenvalue weighted by molar-refractivity contribution is 5.66. The summed E-state index contributed by atoms with van der Waals surface area (Å²) in [7, 11) is 0. The third-order valence-electron chi connectivity index (χ3n) is 8.20. The number of carbonyl (C=O) groups excluding carboxylic acids is 1. The molecule has 0 spiro atoms. The highest BCUT2D eigenvalue weighted by Crippen LogP contribution is 2.18. The molecule has 0 aromatic carbocycles. The van der Waals surface area contributed by atoms with Crippen LogP contribution < -0.4 is 5.11 Å². The van der Waals surface area contributed by atoms with E-state index in [1.807, 2.05) is 0 Å². The Bertz CT molecular complexity index is 628. The first-order valence-electron chi connectivity index (χ1n) is 16.9. The van der Waals surface area contributed by atoms with E-state index in [4.69, 9.17) is 10.2 Å². The molecule has 0 aliphatic carbocycles. The molecule has 0 saturated heterocycles. The molecule has 0 radical (unpaired) electrons. The van der Waals surface area contributed by atoms with Crippen LogP contribution in [0, 0.1) is 0 Å². The molecule has 0 bridgehead atoms. The van der Waals surface area contributed by atoms with Gasteiger partial charge in [0.2, 0.25) is 0 Å². The number of carboxylic acids is 3. The number of nitrogens with zero attached hydrogens (tertiary/aromatic N) is 1. The van der Waals surface area contributed by atoms with Gasteiger partial charge >= 0.3 is 11.9 Å². The fraction of sp³-hybridized carbons (Fsp3) is 0.853. The number of carbonyl (C=O) groups is 3. The summed E-state index contributed by atoms with van der Waals surface area (Å²) in [5, 5.41) is 29.1. The Morgan fingerprint density at radius 2 is 0.854 bits per heavy atom. The Labute approximate surface area is 251 Å². The molecule has 7 heteroatoms. The summed E-state index contributed by atoms with van der Waals surface area (Å²) >= 11 is 0. The van der Waals surface area contributed by atoms with Crippen LogP contribution in [0.2, 0.25) is 0 Å². The number of unbranched alkanes of at least 4 members (excludes halogenated alkanes) is 16. The average molecular weight is 582 g/mol. The zero-order chi connectivity index (χ0) is 30.4. The van der Waals surface area contributed by atoms with Crippen molar-refractivity contribution in [1.29, 1.82) is 0 Å². The first-order chi connectivity index (χ1) is 19.8. The Morgan fingerprint density at radius 1 is 0.512 bits per heavy atom. The lowest BCUT2D eigenvalue weighted by molar-refractivity contribution is -0.929. The van der Waals surface area contributed by atoms with Gasteiger partial charge in [0.15, 0.2) is 0 Å². The van der Waals surface area contributed by atoms with Crippen molar-refractivity contribution < 1.29 is 34.2 Å². The van der Waals surface area contributed by atoms with Crippen molar-refractivity contribution in [3.05, 3.63) is 12.2 Å². The van der Waals surface area contributed by atoms with E-state index < -0.39 is 17.9 Å².